The molecule has 19 heavy (non-hydrogen) atoms. The molecule has 3 aromatic rings. The fourth-order valence-corrected chi connectivity index (χ4v) is 2.14. The van der Waals surface area contributed by atoms with Gasteiger partial charge in [-0.15, -0.1) is 0 Å². The largest absolute Gasteiger partial charge is 0.443 e. The number of nitrogens with one attached hydrogen (secondary N) is 1. The van der Waals surface area contributed by atoms with Gasteiger partial charge in [-0.05, 0) is 25.1 Å². The van der Waals surface area contributed by atoms with Crippen molar-refractivity contribution in [2.45, 2.75) is 19.3 Å². The maximum absolute atomic E-state index is 5.57. The van der Waals surface area contributed by atoms with Crippen LogP contribution in [0.3, 0.4) is 0 Å². The van der Waals surface area contributed by atoms with Crippen molar-refractivity contribution in [3.05, 3.63) is 36.6 Å². The zero-order chi connectivity index (χ0) is 13.2. The minimum Gasteiger partial charge on any atom is -0.443 e. The Kier molecular flexibility index (Phi) is 3.05. The molecule has 3 rings (SSSR count). The number of rotatable bonds is 4. The molecule has 0 saturated heterocycles. The first-order valence-corrected chi connectivity index (χ1v) is 6.36. The second kappa shape index (κ2) is 4.85. The van der Waals surface area contributed by atoms with Gasteiger partial charge in [0.2, 0.25) is 0 Å². The SMILES string of the molecule is CC(CCN)c1ncc(-c2ccc3ncoc3c2)[nH]1. The van der Waals surface area contributed by atoms with Crippen LogP contribution in [0.15, 0.2) is 35.2 Å². The molecule has 0 radical (unpaired) electrons. The molecule has 0 aliphatic heterocycles. The maximum atomic E-state index is 5.57. The third kappa shape index (κ3) is 2.24. The molecular weight excluding hydrogens is 240 g/mol. The number of hydrogen-bond donors (Lipinski definition) is 2. The van der Waals surface area contributed by atoms with E-state index in [1.54, 1.807) is 0 Å². The van der Waals surface area contributed by atoms with Gasteiger partial charge in [-0.2, -0.15) is 0 Å². The third-order valence-corrected chi connectivity index (χ3v) is 3.30. The highest BCUT2D eigenvalue weighted by Gasteiger charge is 2.10. The molecule has 0 aliphatic carbocycles. The number of aromatic amines is 1. The molecule has 2 aromatic heterocycles. The normalized spacial score (nSPS) is 12.9. The monoisotopic (exact) mass is 256 g/mol. The van der Waals surface area contributed by atoms with Gasteiger partial charge in [0.15, 0.2) is 12.0 Å². The molecule has 0 aliphatic rings. The van der Waals surface area contributed by atoms with Gasteiger partial charge in [0, 0.05) is 11.5 Å². The Morgan fingerprint density at radius 3 is 3.11 bits per heavy atom. The van der Waals surface area contributed by atoms with Crippen molar-refractivity contribution < 1.29 is 4.42 Å². The number of aromatic nitrogens is 3. The van der Waals surface area contributed by atoms with E-state index < -0.39 is 0 Å². The Labute approximate surface area is 110 Å². The Morgan fingerprint density at radius 2 is 2.26 bits per heavy atom. The van der Waals surface area contributed by atoms with E-state index in [1.807, 2.05) is 24.4 Å². The molecule has 0 fully saturated rings. The number of nitrogens with zero attached hydrogens (tertiary/aromatic N) is 2. The molecular formula is C14H16N4O. The van der Waals surface area contributed by atoms with E-state index in [0.29, 0.717) is 12.5 Å². The molecule has 0 amide bonds. The van der Waals surface area contributed by atoms with Crippen LogP contribution in [0.5, 0.6) is 0 Å². The molecule has 1 aromatic carbocycles. The van der Waals surface area contributed by atoms with Crippen LogP contribution in [0, 0.1) is 0 Å². The van der Waals surface area contributed by atoms with Crippen molar-refractivity contribution in [2.75, 3.05) is 6.54 Å². The second-order valence-corrected chi connectivity index (χ2v) is 4.70. The summed E-state index contributed by atoms with van der Waals surface area (Å²) in [6, 6.07) is 5.92. The van der Waals surface area contributed by atoms with Gasteiger partial charge < -0.3 is 15.1 Å². The zero-order valence-corrected chi connectivity index (χ0v) is 10.8. The first-order chi connectivity index (χ1) is 9.28. The van der Waals surface area contributed by atoms with Crippen molar-refractivity contribution in [3.63, 3.8) is 0 Å². The van der Waals surface area contributed by atoms with E-state index in [0.717, 1.165) is 34.6 Å². The molecule has 0 spiro atoms. The average Bonchev–Trinajstić information content (AvgIpc) is 3.07. The van der Waals surface area contributed by atoms with E-state index >= 15 is 0 Å². The standard InChI is InChI=1S/C14H16N4O/c1-9(4-5-15)14-16-7-12(18-14)10-2-3-11-13(6-10)19-8-17-11/h2-3,6-9H,4-5,15H2,1H3,(H,16,18). The average molecular weight is 256 g/mol. The molecule has 1 unspecified atom stereocenters. The number of fused-ring (bicyclic) bond motifs is 1. The Hall–Kier alpha value is -2.14. The fourth-order valence-electron chi connectivity index (χ4n) is 2.14. The molecule has 98 valence electrons. The first-order valence-electron chi connectivity index (χ1n) is 6.36. The number of imidazole rings is 1. The summed E-state index contributed by atoms with van der Waals surface area (Å²) in [6.45, 7) is 2.79. The van der Waals surface area contributed by atoms with Crippen LogP contribution in [0.2, 0.25) is 0 Å². The van der Waals surface area contributed by atoms with Crippen molar-refractivity contribution in [1.82, 2.24) is 15.0 Å². The van der Waals surface area contributed by atoms with Crippen LogP contribution >= 0.6 is 0 Å². The van der Waals surface area contributed by atoms with Crippen LogP contribution in [-0.4, -0.2) is 21.5 Å². The van der Waals surface area contributed by atoms with Gasteiger partial charge in [0.05, 0.1) is 11.9 Å². The summed E-state index contributed by atoms with van der Waals surface area (Å²) in [5, 5.41) is 0. The van der Waals surface area contributed by atoms with Gasteiger partial charge >= 0.3 is 0 Å². The highest BCUT2D eigenvalue weighted by molar-refractivity contribution is 5.78. The number of nitrogens with two attached hydrogens (primary N) is 1. The van der Waals surface area contributed by atoms with E-state index in [4.69, 9.17) is 10.2 Å². The maximum Gasteiger partial charge on any atom is 0.181 e. The molecule has 5 heteroatoms. The van der Waals surface area contributed by atoms with Crippen molar-refractivity contribution in [2.24, 2.45) is 5.73 Å². The van der Waals surface area contributed by atoms with Crippen molar-refractivity contribution in [3.8, 4) is 11.3 Å². The first kappa shape index (κ1) is 11.9. The van der Waals surface area contributed by atoms with Crippen LogP contribution in [-0.2, 0) is 0 Å². The number of oxazole rings is 1. The Balaban J connectivity index is 1.93. The summed E-state index contributed by atoms with van der Waals surface area (Å²) in [7, 11) is 0. The lowest BCUT2D eigenvalue weighted by atomic mass is 10.1. The topological polar surface area (TPSA) is 80.7 Å². The van der Waals surface area contributed by atoms with Crippen molar-refractivity contribution >= 4 is 11.1 Å². The molecule has 5 nitrogen and oxygen atoms in total. The quantitative estimate of drug-likeness (QED) is 0.752. The van der Waals surface area contributed by atoms with Gasteiger partial charge in [-0.25, -0.2) is 9.97 Å². The molecule has 3 N–H and O–H groups in total. The summed E-state index contributed by atoms with van der Waals surface area (Å²) >= 11 is 0. The highest BCUT2D eigenvalue weighted by Crippen LogP contribution is 2.24. The Bertz CT molecular complexity index is 685. The van der Waals surface area contributed by atoms with Gasteiger partial charge in [-0.1, -0.05) is 13.0 Å². The molecule has 0 bridgehead atoms. The third-order valence-electron chi connectivity index (χ3n) is 3.30. The molecule has 0 saturated carbocycles. The van der Waals surface area contributed by atoms with Gasteiger partial charge in [-0.3, -0.25) is 0 Å². The molecule has 1 atom stereocenters. The fraction of sp³-hybridized carbons (Fsp3) is 0.286. The van der Waals surface area contributed by atoms with E-state index in [2.05, 4.69) is 21.9 Å². The lowest BCUT2D eigenvalue weighted by Gasteiger charge is -2.05. The summed E-state index contributed by atoms with van der Waals surface area (Å²) in [4.78, 5) is 11.9. The van der Waals surface area contributed by atoms with Crippen molar-refractivity contribution in [1.29, 1.82) is 0 Å². The van der Waals surface area contributed by atoms with Crippen LogP contribution in [0.25, 0.3) is 22.4 Å². The number of hydrogen-bond acceptors (Lipinski definition) is 4. The van der Waals surface area contributed by atoms with Crippen LogP contribution in [0.1, 0.15) is 25.1 Å². The highest BCUT2D eigenvalue weighted by atomic mass is 16.3. The van der Waals surface area contributed by atoms with Gasteiger partial charge in [0.25, 0.3) is 0 Å². The predicted molar refractivity (Wildman–Crippen MR) is 73.7 cm³/mol. The lowest BCUT2D eigenvalue weighted by Crippen LogP contribution is -2.05. The summed E-state index contributed by atoms with van der Waals surface area (Å²) < 4.78 is 5.31. The van der Waals surface area contributed by atoms with Crippen LogP contribution in [0.4, 0.5) is 0 Å². The van der Waals surface area contributed by atoms with Gasteiger partial charge in [0.1, 0.15) is 11.3 Å². The number of benzene rings is 1. The summed E-state index contributed by atoms with van der Waals surface area (Å²) in [6.07, 6.45) is 4.23. The summed E-state index contributed by atoms with van der Waals surface area (Å²) in [5.74, 6) is 1.31. The lowest BCUT2D eigenvalue weighted by molar-refractivity contribution is 0.602. The molecule has 2 heterocycles. The van der Waals surface area contributed by atoms with Crippen LogP contribution < -0.4 is 5.73 Å². The minimum absolute atomic E-state index is 0.341. The second-order valence-electron chi connectivity index (χ2n) is 4.70. The minimum atomic E-state index is 0.341. The Morgan fingerprint density at radius 1 is 1.37 bits per heavy atom. The van der Waals surface area contributed by atoms with E-state index in [-0.39, 0.29) is 0 Å². The summed E-state index contributed by atoms with van der Waals surface area (Å²) in [5.41, 5.74) is 9.24. The smallest absolute Gasteiger partial charge is 0.181 e. The van der Waals surface area contributed by atoms with E-state index in [1.165, 1.54) is 6.39 Å². The van der Waals surface area contributed by atoms with E-state index in [9.17, 15) is 0 Å². The number of H-pyrrole nitrogens is 1. The zero-order valence-electron chi connectivity index (χ0n) is 10.8. The predicted octanol–water partition coefficient (Wildman–Crippen LogP) is 2.67.